The van der Waals surface area contributed by atoms with Crippen molar-refractivity contribution in [2.45, 2.75) is 58.5 Å². The third-order valence-electron chi connectivity index (χ3n) is 5.26. The lowest BCUT2D eigenvalue weighted by Crippen LogP contribution is -2.29. The minimum atomic E-state index is -0.213. The zero-order valence-corrected chi connectivity index (χ0v) is 17.6. The van der Waals surface area contributed by atoms with E-state index in [1.54, 1.807) is 19.2 Å². The molecule has 3 aromatic rings. The molecule has 0 aliphatic carbocycles. The average molecular weight is 394 g/mol. The summed E-state index contributed by atoms with van der Waals surface area (Å²) in [7, 11) is 1.58. The van der Waals surface area contributed by atoms with Gasteiger partial charge in [0.1, 0.15) is 11.6 Å². The van der Waals surface area contributed by atoms with E-state index in [4.69, 9.17) is 9.72 Å². The van der Waals surface area contributed by atoms with E-state index in [9.17, 15) is 4.79 Å². The number of amides is 1. The number of hydrogen-bond donors (Lipinski definition) is 1. The maximum atomic E-state index is 12.8. The van der Waals surface area contributed by atoms with Crippen molar-refractivity contribution in [2.75, 3.05) is 7.11 Å². The van der Waals surface area contributed by atoms with Crippen LogP contribution in [0, 0.1) is 0 Å². The Labute approximate surface area is 173 Å². The molecule has 0 spiro atoms. The molecule has 1 atom stereocenters. The molecule has 154 valence electrons. The summed E-state index contributed by atoms with van der Waals surface area (Å²) >= 11 is 0. The highest BCUT2D eigenvalue weighted by Crippen LogP contribution is 2.23. The number of carbonyl (C=O) groups is 1. The highest BCUT2D eigenvalue weighted by molar-refractivity contribution is 5.97. The molecule has 1 unspecified atom stereocenters. The molecule has 5 nitrogen and oxygen atoms in total. The molecule has 1 amide bonds. The van der Waals surface area contributed by atoms with Gasteiger partial charge in [-0.2, -0.15) is 0 Å². The van der Waals surface area contributed by atoms with Crippen LogP contribution in [-0.4, -0.2) is 22.6 Å². The first-order valence-corrected chi connectivity index (χ1v) is 10.5. The molecule has 2 aromatic carbocycles. The van der Waals surface area contributed by atoms with Gasteiger partial charge in [-0.25, -0.2) is 4.98 Å². The Morgan fingerprint density at radius 2 is 1.79 bits per heavy atom. The van der Waals surface area contributed by atoms with E-state index in [1.807, 2.05) is 37.3 Å². The summed E-state index contributed by atoms with van der Waals surface area (Å²) in [5.41, 5.74) is 2.62. The number of nitrogens with one attached hydrogen (secondary N) is 1. The summed E-state index contributed by atoms with van der Waals surface area (Å²) in [6, 6.07) is 15.2. The fourth-order valence-corrected chi connectivity index (χ4v) is 3.70. The van der Waals surface area contributed by atoms with Crippen LogP contribution < -0.4 is 10.1 Å². The van der Waals surface area contributed by atoms with E-state index in [-0.39, 0.29) is 11.9 Å². The molecule has 0 fully saturated rings. The highest BCUT2D eigenvalue weighted by Gasteiger charge is 2.20. The van der Waals surface area contributed by atoms with E-state index in [0.29, 0.717) is 11.3 Å². The van der Waals surface area contributed by atoms with Crippen LogP contribution in [0.25, 0.3) is 11.0 Å². The van der Waals surface area contributed by atoms with Gasteiger partial charge in [-0.3, -0.25) is 4.79 Å². The quantitative estimate of drug-likeness (QED) is 0.462. The lowest BCUT2D eigenvalue weighted by Gasteiger charge is -2.17. The standard InChI is InChI=1S/C24H31N3O2/c1-4-5-6-7-12-17-27-21-15-10-9-14-20(21)26-23(27)18(2)25-24(28)19-13-8-11-16-22(19)29-3/h8-11,13-16,18H,4-7,12,17H2,1-3H3,(H,25,28). The summed E-state index contributed by atoms with van der Waals surface area (Å²) in [5.74, 6) is 1.31. The number of fused-ring (bicyclic) bond motifs is 1. The van der Waals surface area contributed by atoms with Crippen LogP contribution in [-0.2, 0) is 6.54 Å². The number of para-hydroxylation sites is 3. The van der Waals surface area contributed by atoms with Gasteiger partial charge in [0.05, 0.1) is 29.7 Å². The highest BCUT2D eigenvalue weighted by atomic mass is 16.5. The first-order valence-electron chi connectivity index (χ1n) is 10.5. The number of aryl methyl sites for hydroxylation is 1. The molecule has 1 aromatic heterocycles. The van der Waals surface area contributed by atoms with Crippen LogP contribution in [0.4, 0.5) is 0 Å². The first kappa shape index (κ1) is 20.9. The minimum Gasteiger partial charge on any atom is -0.496 e. The lowest BCUT2D eigenvalue weighted by molar-refractivity contribution is 0.0934. The van der Waals surface area contributed by atoms with Gasteiger partial charge in [-0.1, -0.05) is 56.9 Å². The maximum absolute atomic E-state index is 12.8. The number of methoxy groups -OCH3 is 1. The Morgan fingerprint density at radius 1 is 1.07 bits per heavy atom. The zero-order chi connectivity index (χ0) is 20.6. The van der Waals surface area contributed by atoms with E-state index in [2.05, 4.69) is 22.9 Å². The average Bonchev–Trinajstić information content (AvgIpc) is 3.12. The van der Waals surface area contributed by atoms with Crippen LogP contribution in [0.1, 0.15) is 68.2 Å². The predicted octanol–water partition coefficient (Wildman–Crippen LogP) is 5.51. The summed E-state index contributed by atoms with van der Waals surface area (Å²) < 4.78 is 7.59. The number of aromatic nitrogens is 2. The lowest BCUT2D eigenvalue weighted by atomic mass is 10.1. The van der Waals surface area contributed by atoms with E-state index in [0.717, 1.165) is 29.8 Å². The second-order valence-corrected chi connectivity index (χ2v) is 7.42. The van der Waals surface area contributed by atoms with E-state index in [1.165, 1.54) is 25.7 Å². The first-order chi connectivity index (χ1) is 14.2. The third-order valence-corrected chi connectivity index (χ3v) is 5.26. The Balaban J connectivity index is 1.80. The number of hydrogen-bond acceptors (Lipinski definition) is 3. The molecular formula is C24H31N3O2. The Kier molecular flexibility index (Phi) is 7.28. The van der Waals surface area contributed by atoms with E-state index >= 15 is 0 Å². The van der Waals surface area contributed by atoms with Crippen molar-refractivity contribution in [3.63, 3.8) is 0 Å². The summed E-state index contributed by atoms with van der Waals surface area (Å²) in [4.78, 5) is 17.7. The van der Waals surface area contributed by atoms with Crippen molar-refractivity contribution in [2.24, 2.45) is 0 Å². The van der Waals surface area contributed by atoms with Crippen LogP contribution >= 0.6 is 0 Å². The van der Waals surface area contributed by atoms with Gasteiger partial charge < -0.3 is 14.6 Å². The second kappa shape index (κ2) is 10.1. The summed E-state index contributed by atoms with van der Waals surface area (Å²) in [5, 5.41) is 3.10. The molecular weight excluding hydrogens is 362 g/mol. The van der Waals surface area contributed by atoms with Gasteiger partial charge >= 0.3 is 0 Å². The molecule has 29 heavy (non-hydrogen) atoms. The van der Waals surface area contributed by atoms with Crippen LogP contribution in [0.5, 0.6) is 5.75 Å². The largest absolute Gasteiger partial charge is 0.496 e. The predicted molar refractivity (Wildman–Crippen MR) is 117 cm³/mol. The van der Waals surface area contributed by atoms with Crippen molar-refractivity contribution < 1.29 is 9.53 Å². The maximum Gasteiger partial charge on any atom is 0.255 e. The molecule has 1 N–H and O–H groups in total. The van der Waals surface area contributed by atoms with Gasteiger partial charge in [0.25, 0.3) is 5.91 Å². The number of carbonyl (C=O) groups excluding carboxylic acids is 1. The molecule has 5 heteroatoms. The fraction of sp³-hybridized carbons (Fsp3) is 0.417. The number of imidazole rings is 1. The topological polar surface area (TPSA) is 56.2 Å². The van der Waals surface area contributed by atoms with Gasteiger partial charge in [0.15, 0.2) is 0 Å². The van der Waals surface area contributed by atoms with Crippen molar-refractivity contribution in [1.82, 2.24) is 14.9 Å². The number of nitrogens with zero attached hydrogens (tertiary/aromatic N) is 2. The van der Waals surface area contributed by atoms with Gasteiger partial charge in [-0.05, 0) is 37.6 Å². The van der Waals surface area contributed by atoms with Crippen molar-refractivity contribution in [3.05, 3.63) is 59.9 Å². The molecule has 1 heterocycles. The number of ether oxygens (including phenoxy) is 1. The molecule has 0 saturated carbocycles. The van der Waals surface area contributed by atoms with Gasteiger partial charge in [0, 0.05) is 6.54 Å². The fourth-order valence-electron chi connectivity index (χ4n) is 3.70. The molecule has 0 aliphatic heterocycles. The molecule has 0 radical (unpaired) electrons. The van der Waals surface area contributed by atoms with Crippen molar-refractivity contribution in [3.8, 4) is 5.75 Å². The summed E-state index contributed by atoms with van der Waals surface area (Å²) in [6.45, 7) is 5.13. The monoisotopic (exact) mass is 393 g/mol. The number of benzene rings is 2. The molecule has 3 rings (SSSR count). The third kappa shape index (κ3) is 4.97. The Hall–Kier alpha value is -2.82. The summed E-state index contributed by atoms with van der Waals surface area (Å²) in [6.07, 6.45) is 6.11. The SMILES string of the molecule is CCCCCCCn1c(C(C)NC(=O)c2ccccc2OC)nc2ccccc21. The minimum absolute atomic E-state index is 0.156. The van der Waals surface area contributed by atoms with Gasteiger partial charge in [-0.15, -0.1) is 0 Å². The van der Waals surface area contributed by atoms with Crippen LogP contribution in [0.2, 0.25) is 0 Å². The van der Waals surface area contributed by atoms with Gasteiger partial charge in [0.2, 0.25) is 0 Å². The number of unbranched alkanes of at least 4 members (excludes halogenated alkanes) is 4. The number of rotatable bonds is 10. The van der Waals surface area contributed by atoms with Crippen molar-refractivity contribution in [1.29, 1.82) is 0 Å². The molecule has 0 aliphatic rings. The smallest absolute Gasteiger partial charge is 0.255 e. The normalized spacial score (nSPS) is 12.1. The van der Waals surface area contributed by atoms with Crippen molar-refractivity contribution >= 4 is 16.9 Å². The van der Waals surface area contributed by atoms with Crippen LogP contribution in [0.3, 0.4) is 0 Å². The Morgan fingerprint density at radius 3 is 2.59 bits per heavy atom. The zero-order valence-electron chi connectivity index (χ0n) is 17.6. The molecule has 0 bridgehead atoms. The molecule has 0 saturated heterocycles. The van der Waals surface area contributed by atoms with Crippen LogP contribution in [0.15, 0.2) is 48.5 Å². The second-order valence-electron chi connectivity index (χ2n) is 7.42. The van der Waals surface area contributed by atoms with E-state index < -0.39 is 0 Å². The Bertz CT molecular complexity index is 948.